The second-order valence-electron chi connectivity index (χ2n) is 4.75. The zero-order valence-electron chi connectivity index (χ0n) is 11.7. The Balaban J connectivity index is 2.17. The van der Waals surface area contributed by atoms with E-state index in [9.17, 15) is 8.42 Å². The van der Waals surface area contributed by atoms with Crippen molar-refractivity contribution in [2.24, 2.45) is 0 Å². The molecule has 0 amide bonds. The summed E-state index contributed by atoms with van der Waals surface area (Å²) in [4.78, 5) is 0.208. The highest BCUT2D eigenvalue weighted by molar-refractivity contribution is 9.10. The standard InChI is InChI=1S/C15H16BrNO3S/c1-11(2)20-14-8-6-13(7-9-14)17-21(18,19)15-5-3-4-12(16)10-15/h3-11,17H,1-2H3. The van der Waals surface area contributed by atoms with Crippen molar-refractivity contribution in [2.45, 2.75) is 24.8 Å². The Morgan fingerprint density at radius 1 is 1.10 bits per heavy atom. The van der Waals surface area contributed by atoms with Crippen molar-refractivity contribution in [1.82, 2.24) is 0 Å². The lowest BCUT2D eigenvalue weighted by atomic mass is 10.3. The summed E-state index contributed by atoms with van der Waals surface area (Å²) in [6.07, 6.45) is 0.0780. The van der Waals surface area contributed by atoms with Gasteiger partial charge in [-0.1, -0.05) is 22.0 Å². The number of benzene rings is 2. The Bertz CT molecular complexity index is 712. The molecule has 0 aromatic heterocycles. The van der Waals surface area contributed by atoms with Crippen LogP contribution in [0.5, 0.6) is 5.75 Å². The van der Waals surface area contributed by atoms with Crippen LogP contribution in [0, 0.1) is 0 Å². The topological polar surface area (TPSA) is 55.4 Å². The monoisotopic (exact) mass is 369 g/mol. The molecule has 4 nitrogen and oxygen atoms in total. The van der Waals surface area contributed by atoms with Gasteiger partial charge >= 0.3 is 0 Å². The third kappa shape index (κ3) is 4.47. The van der Waals surface area contributed by atoms with Crippen LogP contribution in [0.15, 0.2) is 57.9 Å². The fourth-order valence-corrected chi connectivity index (χ4v) is 3.38. The first-order valence-corrected chi connectivity index (χ1v) is 8.69. The molecule has 0 radical (unpaired) electrons. The number of ether oxygens (including phenoxy) is 1. The van der Waals surface area contributed by atoms with Gasteiger partial charge in [0.2, 0.25) is 0 Å². The SMILES string of the molecule is CC(C)Oc1ccc(NS(=O)(=O)c2cccc(Br)c2)cc1. The van der Waals surface area contributed by atoms with Crippen LogP contribution in [-0.4, -0.2) is 14.5 Å². The van der Waals surface area contributed by atoms with Gasteiger partial charge in [-0.3, -0.25) is 4.72 Å². The van der Waals surface area contributed by atoms with Crippen LogP contribution in [0.1, 0.15) is 13.8 Å². The molecule has 6 heteroatoms. The van der Waals surface area contributed by atoms with Crippen LogP contribution in [-0.2, 0) is 10.0 Å². The van der Waals surface area contributed by atoms with Gasteiger partial charge in [-0.15, -0.1) is 0 Å². The molecule has 112 valence electrons. The van der Waals surface area contributed by atoms with E-state index in [4.69, 9.17) is 4.74 Å². The number of sulfonamides is 1. The number of halogens is 1. The van der Waals surface area contributed by atoms with Crippen molar-refractivity contribution in [2.75, 3.05) is 4.72 Å². The summed E-state index contributed by atoms with van der Waals surface area (Å²) in [6.45, 7) is 3.87. The molecule has 21 heavy (non-hydrogen) atoms. The maximum atomic E-state index is 12.3. The Kier molecular flexibility index (Phi) is 4.90. The molecule has 2 aromatic rings. The number of anilines is 1. The van der Waals surface area contributed by atoms with E-state index >= 15 is 0 Å². The molecule has 1 N–H and O–H groups in total. The number of hydrogen-bond acceptors (Lipinski definition) is 3. The van der Waals surface area contributed by atoms with Crippen molar-refractivity contribution in [1.29, 1.82) is 0 Å². The lowest BCUT2D eigenvalue weighted by Gasteiger charge is -2.11. The zero-order chi connectivity index (χ0) is 15.5. The predicted octanol–water partition coefficient (Wildman–Crippen LogP) is 4.04. The van der Waals surface area contributed by atoms with E-state index in [1.54, 1.807) is 48.5 Å². The third-order valence-electron chi connectivity index (χ3n) is 2.58. The first kappa shape index (κ1) is 15.9. The smallest absolute Gasteiger partial charge is 0.261 e. The fourth-order valence-electron chi connectivity index (χ4n) is 1.72. The summed E-state index contributed by atoms with van der Waals surface area (Å²) in [6, 6.07) is 13.4. The number of hydrogen-bond donors (Lipinski definition) is 1. The fraction of sp³-hybridized carbons (Fsp3) is 0.200. The third-order valence-corrected chi connectivity index (χ3v) is 4.46. The quantitative estimate of drug-likeness (QED) is 0.864. The molecule has 2 aromatic carbocycles. The summed E-state index contributed by atoms with van der Waals surface area (Å²) < 4.78 is 33.3. The second-order valence-corrected chi connectivity index (χ2v) is 7.35. The van der Waals surface area contributed by atoms with Crippen molar-refractivity contribution in [3.8, 4) is 5.75 Å². The Morgan fingerprint density at radius 3 is 2.33 bits per heavy atom. The lowest BCUT2D eigenvalue weighted by Crippen LogP contribution is -2.13. The molecule has 0 unspecified atom stereocenters. The predicted molar refractivity (Wildman–Crippen MR) is 87.2 cm³/mol. The summed E-state index contributed by atoms with van der Waals surface area (Å²) in [5, 5.41) is 0. The molecular weight excluding hydrogens is 354 g/mol. The highest BCUT2D eigenvalue weighted by atomic mass is 79.9. The van der Waals surface area contributed by atoms with Crippen molar-refractivity contribution < 1.29 is 13.2 Å². The molecule has 0 aliphatic rings. The molecule has 2 rings (SSSR count). The molecule has 0 fully saturated rings. The van der Waals surface area contributed by atoms with E-state index < -0.39 is 10.0 Å². The average Bonchev–Trinajstić information content (AvgIpc) is 2.40. The molecule has 0 saturated heterocycles. The van der Waals surface area contributed by atoms with Crippen LogP contribution in [0.3, 0.4) is 0 Å². The minimum Gasteiger partial charge on any atom is -0.491 e. The normalized spacial score (nSPS) is 11.4. The van der Waals surface area contributed by atoms with E-state index in [-0.39, 0.29) is 11.0 Å². The molecule has 0 bridgehead atoms. The van der Waals surface area contributed by atoms with E-state index in [1.807, 2.05) is 13.8 Å². The molecule has 0 heterocycles. The molecule has 0 saturated carbocycles. The van der Waals surface area contributed by atoms with Crippen LogP contribution in [0.25, 0.3) is 0 Å². The Hall–Kier alpha value is -1.53. The maximum Gasteiger partial charge on any atom is 0.261 e. The van der Waals surface area contributed by atoms with Crippen molar-refractivity contribution >= 4 is 31.6 Å². The minimum atomic E-state index is -3.59. The average molecular weight is 370 g/mol. The van der Waals surface area contributed by atoms with Gasteiger partial charge in [0, 0.05) is 10.2 Å². The van der Waals surface area contributed by atoms with Gasteiger partial charge in [-0.2, -0.15) is 0 Å². The van der Waals surface area contributed by atoms with E-state index in [0.717, 1.165) is 0 Å². The van der Waals surface area contributed by atoms with Crippen molar-refractivity contribution in [3.63, 3.8) is 0 Å². The molecular formula is C15H16BrNO3S. The molecule has 0 spiro atoms. The van der Waals surface area contributed by atoms with Gasteiger partial charge in [0.25, 0.3) is 10.0 Å². The first-order chi connectivity index (χ1) is 9.87. The Labute approximate surface area is 133 Å². The van der Waals surface area contributed by atoms with Crippen LogP contribution in [0.4, 0.5) is 5.69 Å². The van der Waals surface area contributed by atoms with Gasteiger partial charge in [0.15, 0.2) is 0 Å². The van der Waals surface area contributed by atoms with Crippen LogP contribution < -0.4 is 9.46 Å². The van der Waals surface area contributed by atoms with E-state index in [2.05, 4.69) is 20.7 Å². The molecule has 0 atom stereocenters. The van der Waals surface area contributed by atoms with Crippen LogP contribution >= 0.6 is 15.9 Å². The first-order valence-electron chi connectivity index (χ1n) is 6.42. The Morgan fingerprint density at radius 2 is 1.76 bits per heavy atom. The maximum absolute atomic E-state index is 12.3. The van der Waals surface area contributed by atoms with Crippen LogP contribution in [0.2, 0.25) is 0 Å². The highest BCUT2D eigenvalue weighted by Crippen LogP contribution is 2.21. The van der Waals surface area contributed by atoms with E-state index in [0.29, 0.717) is 15.9 Å². The van der Waals surface area contributed by atoms with Gasteiger partial charge < -0.3 is 4.74 Å². The zero-order valence-corrected chi connectivity index (χ0v) is 14.1. The lowest BCUT2D eigenvalue weighted by molar-refractivity contribution is 0.242. The van der Waals surface area contributed by atoms with Gasteiger partial charge in [0.1, 0.15) is 5.75 Å². The second kappa shape index (κ2) is 6.49. The largest absolute Gasteiger partial charge is 0.491 e. The minimum absolute atomic E-state index is 0.0780. The van der Waals surface area contributed by atoms with Gasteiger partial charge in [0.05, 0.1) is 11.0 Å². The highest BCUT2D eigenvalue weighted by Gasteiger charge is 2.14. The summed E-state index contributed by atoms with van der Waals surface area (Å²) in [5.74, 6) is 0.704. The van der Waals surface area contributed by atoms with Gasteiger partial charge in [-0.25, -0.2) is 8.42 Å². The molecule has 0 aliphatic heterocycles. The summed E-state index contributed by atoms with van der Waals surface area (Å²) in [7, 11) is -3.59. The van der Waals surface area contributed by atoms with Crippen molar-refractivity contribution in [3.05, 3.63) is 53.0 Å². The number of rotatable bonds is 5. The molecule has 0 aliphatic carbocycles. The van der Waals surface area contributed by atoms with E-state index in [1.165, 1.54) is 0 Å². The summed E-state index contributed by atoms with van der Waals surface area (Å²) >= 11 is 3.26. The summed E-state index contributed by atoms with van der Waals surface area (Å²) in [5.41, 5.74) is 0.492. The van der Waals surface area contributed by atoms with Gasteiger partial charge in [-0.05, 0) is 56.3 Å². The number of nitrogens with one attached hydrogen (secondary N) is 1.